The maximum absolute atomic E-state index is 11.3. The Hall–Kier alpha value is -1.47. The van der Waals surface area contributed by atoms with Crippen molar-refractivity contribution in [1.29, 1.82) is 0 Å². The Morgan fingerprint density at radius 3 is 2.57 bits per heavy atom. The summed E-state index contributed by atoms with van der Waals surface area (Å²) in [4.78, 5) is 13.8. The number of carboxylic acids is 1. The van der Waals surface area contributed by atoms with Crippen molar-refractivity contribution in [2.45, 2.75) is 31.3 Å². The van der Waals surface area contributed by atoms with Crippen LogP contribution in [0.2, 0.25) is 0 Å². The van der Waals surface area contributed by atoms with Gasteiger partial charge in [0.2, 0.25) is 0 Å². The summed E-state index contributed by atoms with van der Waals surface area (Å²) in [5, 5.41) is 9.26. The summed E-state index contributed by atoms with van der Waals surface area (Å²) in [7, 11) is 0. The highest BCUT2D eigenvalue weighted by Crippen LogP contribution is 2.34. The van der Waals surface area contributed by atoms with Crippen LogP contribution in [0.4, 0.5) is 0 Å². The number of carbonyl (C=O) groups is 1. The zero-order valence-corrected chi connectivity index (χ0v) is 13.2. The number of hydrogen-bond donors (Lipinski definition) is 4. The number of benzene rings is 1. The van der Waals surface area contributed by atoms with Gasteiger partial charge in [0.25, 0.3) is 0 Å². The predicted octanol–water partition coefficient (Wildman–Crippen LogP) is 0.158. The number of nitrogens with one attached hydrogen (secondary N) is 3. The highest BCUT2D eigenvalue weighted by Gasteiger charge is 2.42. The smallest absolute Gasteiger partial charge is 0.303 e. The van der Waals surface area contributed by atoms with E-state index in [1.807, 2.05) is 0 Å². The molecule has 1 aromatic rings. The Bertz CT molecular complexity index is 563. The zero-order chi connectivity index (χ0) is 15.8. The van der Waals surface area contributed by atoms with Gasteiger partial charge in [-0.3, -0.25) is 9.69 Å². The van der Waals surface area contributed by atoms with E-state index in [1.54, 1.807) is 0 Å². The number of hydrazine groups is 2. The minimum Gasteiger partial charge on any atom is -0.481 e. The number of likely N-dealkylation sites (tertiary alicyclic amines) is 1. The first-order valence-corrected chi connectivity index (χ1v) is 8.46. The summed E-state index contributed by atoms with van der Waals surface area (Å²) in [5.74, 6) is -0.0943. The van der Waals surface area contributed by atoms with Crippen molar-refractivity contribution in [3.63, 3.8) is 0 Å². The van der Waals surface area contributed by atoms with Crippen molar-refractivity contribution in [1.82, 2.24) is 21.3 Å². The van der Waals surface area contributed by atoms with Crippen molar-refractivity contribution in [2.75, 3.05) is 19.6 Å². The molecule has 2 saturated heterocycles. The van der Waals surface area contributed by atoms with E-state index in [2.05, 4.69) is 45.6 Å². The molecule has 3 atom stereocenters. The Kier molecular flexibility index (Phi) is 4.07. The quantitative estimate of drug-likeness (QED) is 0.634. The van der Waals surface area contributed by atoms with Crippen LogP contribution < -0.4 is 16.4 Å². The predicted molar refractivity (Wildman–Crippen MR) is 86.5 cm³/mol. The van der Waals surface area contributed by atoms with Crippen molar-refractivity contribution >= 4 is 5.97 Å². The molecule has 2 heterocycles. The van der Waals surface area contributed by atoms with Crippen LogP contribution in [0.3, 0.4) is 0 Å². The van der Waals surface area contributed by atoms with Crippen LogP contribution in [0.1, 0.15) is 17.5 Å². The van der Waals surface area contributed by atoms with E-state index in [0.717, 1.165) is 32.5 Å². The lowest BCUT2D eigenvalue weighted by Crippen LogP contribution is -2.41. The third kappa shape index (κ3) is 2.99. The van der Waals surface area contributed by atoms with Crippen LogP contribution in [0, 0.1) is 11.8 Å². The van der Waals surface area contributed by atoms with E-state index in [9.17, 15) is 9.90 Å². The highest BCUT2D eigenvalue weighted by atomic mass is 16.4. The van der Waals surface area contributed by atoms with Gasteiger partial charge in [-0.25, -0.2) is 10.9 Å². The first-order chi connectivity index (χ1) is 11.2. The van der Waals surface area contributed by atoms with Gasteiger partial charge < -0.3 is 5.11 Å². The Labute approximate surface area is 136 Å². The molecule has 3 aliphatic rings. The van der Waals surface area contributed by atoms with E-state index >= 15 is 0 Å². The Morgan fingerprint density at radius 2 is 1.96 bits per heavy atom. The minimum absolute atomic E-state index is 0.218. The molecule has 0 aromatic heterocycles. The van der Waals surface area contributed by atoms with Crippen LogP contribution in [-0.4, -0.2) is 47.7 Å². The fourth-order valence-corrected chi connectivity index (χ4v) is 4.53. The summed E-state index contributed by atoms with van der Waals surface area (Å²) >= 11 is 0. The summed E-state index contributed by atoms with van der Waals surface area (Å²) in [6, 6.07) is 9.50. The number of nitrogens with zero attached hydrogens (tertiary/aromatic N) is 1. The Morgan fingerprint density at radius 1 is 1.22 bits per heavy atom. The molecule has 0 radical (unpaired) electrons. The number of fused-ring (bicyclic) bond motifs is 1. The standard InChI is InChI=1S/C17H24N4O2/c22-17(23)7-13-9-21(10-15(13)16-8-18-20-19-16)14-5-11-3-1-2-4-12(11)6-14/h1-4,13-16,18-20H,5-10H2,(H,22,23)/t13-,15+,16?/m1/s1. The zero-order valence-electron chi connectivity index (χ0n) is 13.2. The van der Waals surface area contributed by atoms with Crippen molar-refractivity contribution in [3.8, 4) is 0 Å². The molecular formula is C17H24N4O2. The summed E-state index contributed by atoms with van der Waals surface area (Å²) in [5.41, 5.74) is 12.2. The molecule has 1 aliphatic carbocycles. The lowest BCUT2D eigenvalue weighted by atomic mass is 9.87. The molecule has 4 N–H and O–H groups in total. The summed E-state index contributed by atoms with van der Waals surface area (Å²) < 4.78 is 0. The molecule has 6 heteroatoms. The van der Waals surface area contributed by atoms with E-state index < -0.39 is 5.97 Å². The lowest BCUT2D eigenvalue weighted by Gasteiger charge is -2.24. The molecule has 0 bridgehead atoms. The molecule has 1 aromatic carbocycles. The number of rotatable bonds is 4. The molecule has 0 saturated carbocycles. The molecule has 124 valence electrons. The van der Waals surface area contributed by atoms with Crippen LogP contribution in [0.5, 0.6) is 0 Å². The minimum atomic E-state index is -0.685. The number of aliphatic carboxylic acids is 1. The van der Waals surface area contributed by atoms with E-state index in [1.165, 1.54) is 11.1 Å². The van der Waals surface area contributed by atoms with Gasteiger partial charge in [0, 0.05) is 38.1 Å². The van der Waals surface area contributed by atoms with Crippen LogP contribution >= 0.6 is 0 Å². The fraction of sp³-hybridized carbons (Fsp3) is 0.588. The molecule has 23 heavy (non-hydrogen) atoms. The van der Waals surface area contributed by atoms with Gasteiger partial charge in [-0.15, -0.1) is 0 Å². The molecule has 4 rings (SSSR count). The van der Waals surface area contributed by atoms with Crippen molar-refractivity contribution in [2.24, 2.45) is 11.8 Å². The fourth-order valence-electron chi connectivity index (χ4n) is 4.53. The van der Waals surface area contributed by atoms with Gasteiger partial charge in [-0.2, -0.15) is 5.53 Å². The molecule has 2 aliphatic heterocycles. The van der Waals surface area contributed by atoms with Gasteiger partial charge in [0.1, 0.15) is 0 Å². The molecule has 2 fully saturated rings. The second-order valence-corrected chi connectivity index (χ2v) is 7.06. The van der Waals surface area contributed by atoms with Crippen LogP contribution in [0.15, 0.2) is 24.3 Å². The van der Waals surface area contributed by atoms with Crippen molar-refractivity contribution < 1.29 is 9.90 Å². The third-order valence-corrected chi connectivity index (χ3v) is 5.69. The van der Waals surface area contributed by atoms with E-state index in [-0.39, 0.29) is 12.3 Å². The van der Waals surface area contributed by atoms with E-state index in [4.69, 9.17) is 0 Å². The summed E-state index contributed by atoms with van der Waals surface area (Å²) in [6.45, 7) is 2.73. The first-order valence-electron chi connectivity index (χ1n) is 8.46. The monoisotopic (exact) mass is 316 g/mol. The Balaban J connectivity index is 1.47. The molecular weight excluding hydrogens is 292 g/mol. The molecule has 1 unspecified atom stereocenters. The molecule has 6 nitrogen and oxygen atoms in total. The van der Waals surface area contributed by atoms with E-state index in [0.29, 0.717) is 18.0 Å². The van der Waals surface area contributed by atoms with Crippen LogP contribution in [-0.2, 0) is 17.6 Å². The van der Waals surface area contributed by atoms with Crippen LogP contribution in [0.25, 0.3) is 0 Å². The largest absolute Gasteiger partial charge is 0.481 e. The number of carboxylic acid groups (broad SMARTS) is 1. The van der Waals surface area contributed by atoms with Crippen molar-refractivity contribution in [3.05, 3.63) is 35.4 Å². The number of hydrogen-bond acceptors (Lipinski definition) is 5. The van der Waals surface area contributed by atoms with Gasteiger partial charge in [-0.1, -0.05) is 24.3 Å². The SMILES string of the molecule is O=C(O)C[C@@H]1CN(C2Cc3ccccc3C2)C[C@@H]1C1CNNN1. The third-order valence-electron chi connectivity index (χ3n) is 5.69. The average molecular weight is 316 g/mol. The maximum atomic E-state index is 11.3. The van der Waals surface area contributed by atoms with Gasteiger partial charge in [-0.05, 0) is 35.8 Å². The second-order valence-electron chi connectivity index (χ2n) is 7.06. The maximum Gasteiger partial charge on any atom is 0.303 e. The normalized spacial score (nSPS) is 31.6. The molecule has 0 spiro atoms. The molecule has 0 amide bonds. The van der Waals surface area contributed by atoms with Gasteiger partial charge in [0.05, 0.1) is 0 Å². The lowest BCUT2D eigenvalue weighted by molar-refractivity contribution is -0.138. The topological polar surface area (TPSA) is 76.6 Å². The average Bonchev–Trinajstić information content (AvgIpc) is 3.25. The second kappa shape index (κ2) is 6.20. The first kappa shape index (κ1) is 15.1. The van der Waals surface area contributed by atoms with Gasteiger partial charge in [0.15, 0.2) is 0 Å². The summed E-state index contributed by atoms with van der Waals surface area (Å²) in [6.07, 6.45) is 2.45. The highest BCUT2D eigenvalue weighted by molar-refractivity contribution is 5.67. The van der Waals surface area contributed by atoms with Gasteiger partial charge >= 0.3 is 5.97 Å².